The molecule has 0 spiro atoms. The number of amides is 1. The Morgan fingerprint density at radius 3 is 2.48 bits per heavy atom. The molecule has 4 rings (SSSR count). The minimum Gasteiger partial charge on any atom is -0.475 e. The fraction of sp³-hybridized carbons (Fsp3) is 0.714. The Balaban J connectivity index is 0.000000339. The van der Waals surface area contributed by atoms with Crippen LogP contribution in [0.3, 0.4) is 0 Å². The summed E-state index contributed by atoms with van der Waals surface area (Å²) in [5.41, 5.74) is 1.39. The maximum absolute atomic E-state index is 12.8. The Kier molecular flexibility index (Phi) is 7.98. The number of carbonyl (C=O) groups is 2. The lowest BCUT2D eigenvalue weighted by Gasteiger charge is -2.34. The molecule has 3 aliphatic heterocycles. The minimum absolute atomic E-state index is 0.186. The van der Waals surface area contributed by atoms with Gasteiger partial charge in [-0.25, -0.2) is 4.79 Å². The lowest BCUT2D eigenvalue weighted by molar-refractivity contribution is -0.192. The first-order valence-corrected chi connectivity index (χ1v) is 11.6. The number of hydrogen-bond donors (Lipinski definition) is 1. The van der Waals surface area contributed by atoms with Gasteiger partial charge in [0.1, 0.15) is 6.10 Å². The maximum Gasteiger partial charge on any atom is 0.490 e. The number of rotatable bonds is 3. The Morgan fingerprint density at radius 2 is 1.90 bits per heavy atom. The molecule has 0 aromatic carbocycles. The quantitative estimate of drug-likeness (QED) is 0.743. The zero-order valence-corrected chi connectivity index (χ0v) is 18.3. The van der Waals surface area contributed by atoms with Crippen molar-refractivity contribution in [2.45, 2.75) is 57.5 Å². The monoisotopic (exact) mass is 462 g/mol. The summed E-state index contributed by atoms with van der Waals surface area (Å²) in [6.45, 7) is 7.23. The average molecular weight is 463 g/mol. The minimum atomic E-state index is -5.08. The van der Waals surface area contributed by atoms with E-state index >= 15 is 0 Å². The Bertz CT molecular complexity index is 735. The van der Waals surface area contributed by atoms with Crippen molar-refractivity contribution in [1.82, 2.24) is 9.80 Å². The number of carboxylic acid groups (broad SMARTS) is 1. The summed E-state index contributed by atoms with van der Waals surface area (Å²) in [4.78, 5) is 26.2. The molecule has 3 saturated heterocycles. The SMILES string of the molecule is CC1CCN(C(=O)[C@H]2C[C@@H]3CCN(Cc4ccsc4)C[C@H]3O2)CC1.O=C(O)C(F)(F)F. The van der Waals surface area contributed by atoms with Crippen LogP contribution < -0.4 is 0 Å². The van der Waals surface area contributed by atoms with Gasteiger partial charge in [0.25, 0.3) is 5.91 Å². The average Bonchev–Trinajstić information content (AvgIpc) is 3.37. The highest BCUT2D eigenvalue weighted by Crippen LogP contribution is 2.35. The van der Waals surface area contributed by atoms with Crippen LogP contribution in [-0.4, -0.2) is 71.3 Å². The van der Waals surface area contributed by atoms with Crippen LogP contribution in [0.4, 0.5) is 13.2 Å². The van der Waals surface area contributed by atoms with E-state index in [0.717, 1.165) is 64.3 Å². The van der Waals surface area contributed by atoms with Gasteiger partial charge < -0.3 is 14.7 Å². The van der Waals surface area contributed by atoms with Crippen LogP contribution >= 0.6 is 11.3 Å². The van der Waals surface area contributed by atoms with Crippen LogP contribution in [0.25, 0.3) is 0 Å². The third-order valence-electron chi connectivity index (χ3n) is 6.24. The molecule has 1 amide bonds. The number of carboxylic acids is 1. The van der Waals surface area contributed by atoms with Gasteiger partial charge in [0.2, 0.25) is 0 Å². The van der Waals surface area contributed by atoms with Crippen molar-refractivity contribution < 1.29 is 32.6 Å². The smallest absolute Gasteiger partial charge is 0.475 e. The molecule has 6 nitrogen and oxygen atoms in total. The van der Waals surface area contributed by atoms with E-state index in [1.165, 1.54) is 5.56 Å². The zero-order chi connectivity index (χ0) is 22.6. The maximum atomic E-state index is 12.8. The molecule has 174 valence electrons. The van der Waals surface area contributed by atoms with Gasteiger partial charge >= 0.3 is 12.1 Å². The molecular weight excluding hydrogens is 433 g/mol. The van der Waals surface area contributed by atoms with E-state index in [-0.39, 0.29) is 18.1 Å². The van der Waals surface area contributed by atoms with Crippen LogP contribution in [0, 0.1) is 11.8 Å². The third-order valence-corrected chi connectivity index (χ3v) is 6.97. The Labute approximate surface area is 184 Å². The molecule has 0 aliphatic carbocycles. The molecule has 0 radical (unpaired) electrons. The molecule has 31 heavy (non-hydrogen) atoms. The van der Waals surface area contributed by atoms with Crippen molar-refractivity contribution in [2.24, 2.45) is 11.8 Å². The number of nitrogens with zero attached hydrogens (tertiary/aromatic N) is 2. The van der Waals surface area contributed by atoms with Crippen molar-refractivity contribution in [1.29, 1.82) is 0 Å². The third kappa shape index (κ3) is 6.66. The normalized spacial score (nSPS) is 27.4. The number of likely N-dealkylation sites (tertiary alicyclic amines) is 2. The molecule has 3 aliphatic rings. The molecular formula is C21H29F3N2O4S. The summed E-state index contributed by atoms with van der Waals surface area (Å²) in [7, 11) is 0. The molecule has 1 aromatic heterocycles. The molecule has 3 fully saturated rings. The predicted molar refractivity (Wildman–Crippen MR) is 110 cm³/mol. The first kappa shape index (κ1) is 24.0. The molecule has 4 heterocycles. The first-order valence-electron chi connectivity index (χ1n) is 10.6. The number of hydrogen-bond acceptors (Lipinski definition) is 5. The second kappa shape index (κ2) is 10.3. The second-order valence-electron chi connectivity index (χ2n) is 8.63. The molecule has 0 saturated carbocycles. The van der Waals surface area contributed by atoms with E-state index in [4.69, 9.17) is 14.6 Å². The van der Waals surface area contributed by atoms with Crippen LogP contribution in [-0.2, 0) is 20.9 Å². The van der Waals surface area contributed by atoms with Crippen LogP contribution in [0.5, 0.6) is 0 Å². The highest BCUT2D eigenvalue weighted by atomic mass is 32.1. The lowest BCUT2D eigenvalue weighted by Crippen LogP contribution is -2.44. The van der Waals surface area contributed by atoms with Gasteiger partial charge in [0.05, 0.1) is 6.10 Å². The molecule has 1 N–H and O–H groups in total. The fourth-order valence-electron chi connectivity index (χ4n) is 4.37. The number of ether oxygens (including phenoxy) is 1. The molecule has 0 bridgehead atoms. The number of carbonyl (C=O) groups excluding carboxylic acids is 1. The predicted octanol–water partition coefficient (Wildman–Crippen LogP) is 3.62. The fourth-order valence-corrected chi connectivity index (χ4v) is 5.03. The Morgan fingerprint density at radius 1 is 1.23 bits per heavy atom. The summed E-state index contributed by atoms with van der Waals surface area (Å²) in [5.74, 6) is -1.18. The van der Waals surface area contributed by atoms with Crippen molar-refractivity contribution in [2.75, 3.05) is 26.2 Å². The topological polar surface area (TPSA) is 70.1 Å². The van der Waals surface area contributed by atoms with E-state index < -0.39 is 12.1 Å². The van der Waals surface area contributed by atoms with Crippen LogP contribution in [0.15, 0.2) is 16.8 Å². The molecule has 10 heteroatoms. The van der Waals surface area contributed by atoms with E-state index in [0.29, 0.717) is 5.92 Å². The molecule has 3 atom stereocenters. The number of aliphatic carboxylic acids is 1. The second-order valence-corrected chi connectivity index (χ2v) is 9.41. The first-order chi connectivity index (χ1) is 14.6. The zero-order valence-electron chi connectivity index (χ0n) is 17.5. The van der Waals surface area contributed by atoms with Crippen molar-refractivity contribution in [3.8, 4) is 0 Å². The summed E-state index contributed by atoms with van der Waals surface area (Å²) in [5, 5.41) is 11.5. The van der Waals surface area contributed by atoms with Crippen LogP contribution in [0.2, 0.25) is 0 Å². The summed E-state index contributed by atoms with van der Waals surface area (Å²) in [6.07, 6.45) is -0.652. The van der Waals surface area contributed by atoms with Gasteiger partial charge in [0, 0.05) is 26.2 Å². The van der Waals surface area contributed by atoms with E-state index in [1.807, 2.05) is 4.90 Å². The van der Waals surface area contributed by atoms with Gasteiger partial charge in [-0.05, 0) is 66.5 Å². The highest BCUT2D eigenvalue weighted by Gasteiger charge is 2.43. The highest BCUT2D eigenvalue weighted by molar-refractivity contribution is 7.07. The molecule has 1 aromatic rings. The van der Waals surface area contributed by atoms with Gasteiger partial charge in [-0.15, -0.1) is 0 Å². The van der Waals surface area contributed by atoms with Gasteiger partial charge in [-0.3, -0.25) is 9.69 Å². The van der Waals surface area contributed by atoms with Crippen LogP contribution in [0.1, 0.15) is 38.2 Å². The number of thiophene rings is 1. The number of piperidine rings is 2. The van der Waals surface area contributed by atoms with Crippen molar-refractivity contribution in [3.05, 3.63) is 22.4 Å². The summed E-state index contributed by atoms with van der Waals surface area (Å²) >= 11 is 1.76. The lowest BCUT2D eigenvalue weighted by atomic mass is 9.91. The van der Waals surface area contributed by atoms with Gasteiger partial charge in [-0.2, -0.15) is 24.5 Å². The van der Waals surface area contributed by atoms with E-state index in [2.05, 4.69) is 28.7 Å². The largest absolute Gasteiger partial charge is 0.490 e. The van der Waals surface area contributed by atoms with Crippen molar-refractivity contribution in [3.63, 3.8) is 0 Å². The van der Waals surface area contributed by atoms with Gasteiger partial charge in [-0.1, -0.05) is 6.92 Å². The van der Waals surface area contributed by atoms with E-state index in [9.17, 15) is 18.0 Å². The van der Waals surface area contributed by atoms with Gasteiger partial charge in [0.15, 0.2) is 0 Å². The standard InChI is InChI=1S/C19H28N2O2S.C2HF3O2/c1-14-2-7-21(8-3-14)19(22)17-10-16-4-6-20(12-18(16)23-17)11-15-5-9-24-13-15;3-2(4,5)1(6)7/h5,9,13-14,16-18H,2-4,6-8,10-12H2,1H3;(H,6,7)/t16-,17+,18+;/m0./s1. The number of fused-ring (bicyclic) bond motifs is 1. The summed E-state index contributed by atoms with van der Waals surface area (Å²) in [6, 6.07) is 2.20. The van der Waals surface area contributed by atoms with E-state index in [1.54, 1.807) is 11.3 Å². The molecule has 0 unspecified atom stereocenters. The number of alkyl halides is 3. The van der Waals surface area contributed by atoms with Crippen molar-refractivity contribution >= 4 is 23.2 Å². The number of halogens is 3. The summed E-state index contributed by atoms with van der Waals surface area (Å²) < 4.78 is 38.0. The Hall–Kier alpha value is -1.65.